The van der Waals surface area contributed by atoms with Gasteiger partial charge in [0.2, 0.25) is 0 Å². The first-order valence-corrected chi connectivity index (χ1v) is 10.1. The fraction of sp³-hybridized carbons (Fsp3) is 0.154. The van der Waals surface area contributed by atoms with Crippen molar-refractivity contribution in [3.63, 3.8) is 0 Å². The number of amides is 1. The Balaban J connectivity index is 1.70. The van der Waals surface area contributed by atoms with Crippen molar-refractivity contribution in [3.05, 3.63) is 112 Å². The van der Waals surface area contributed by atoms with Gasteiger partial charge in [0.15, 0.2) is 0 Å². The van der Waals surface area contributed by atoms with Gasteiger partial charge in [0, 0.05) is 24.5 Å². The topological polar surface area (TPSA) is 42.3 Å². The maximum atomic E-state index is 13.3. The largest absolute Gasteiger partial charge is 0.310 e. The van der Waals surface area contributed by atoms with Gasteiger partial charge in [-0.05, 0) is 47.9 Å². The minimum atomic E-state index is -0.126. The number of carbonyl (C=O) groups excluding carboxylic acids is 1. The van der Waals surface area contributed by atoms with E-state index in [1.807, 2.05) is 62.4 Å². The van der Waals surface area contributed by atoms with Crippen LogP contribution >= 0.6 is 0 Å². The summed E-state index contributed by atoms with van der Waals surface area (Å²) in [6.45, 7) is 4.91. The van der Waals surface area contributed by atoms with E-state index in [1.54, 1.807) is 21.7 Å². The number of carbonyl (C=O) groups is 1. The summed E-state index contributed by atoms with van der Waals surface area (Å²) in [6.07, 6.45) is 1.67. The molecule has 3 aromatic carbocycles. The van der Waals surface area contributed by atoms with Gasteiger partial charge in [-0.15, -0.1) is 0 Å². The van der Waals surface area contributed by atoms with Gasteiger partial charge in [-0.2, -0.15) is 0 Å². The Kier molecular flexibility index (Phi) is 5.48. The van der Waals surface area contributed by atoms with Gasteiger partial charge in [-0.3, -0.25) is 9.59 Å². The fourth-order valence-electron chi connectivity index (χ4n) is 3.84. The van der Waals surface area contributed by atoms with Crippen LogP contribution in [0.25, 0.3) is 10.8 Å². The first kappa shape index (κ1) is 19.6. The number of nitrogens with zero attached hydrogens (tertiary/aromatic N) is 2. The van der Waals surface area contributed by atoms with Crippen molar-refractivity contribution < 1.29 is 4.79 Å². The van der Waals surface area contributed by atoms with Crippen LogP contribution in [0.2, 0.25) is 0 Å². The second kappa shape index (κ2) is 8.37. The van der Waals surface area contributed by atoms with Crippen molar-refractivity contribution >= 4 is 22.4 Å². The van der Waals surface area contributed by atoms with Crippen LogP contribution in [0.15, 0.2) is 89.9 Å². The predicted octanol–water partition coefficient (Wildman–Crippen LogP) is 5.02. The Morgan fingerprint density at radius 1 is 0.900 bits per heavy atom. The van der Waals surface area contributed by atoms with Crippen molar-refractivity contribution in [2.45, 2.75) is 20.4 Å². The molecular weight excluding hydrogens is 372 g/mol. The van der Waals surface area contributed by atoms with E-state index in [9.17, 15) is 9.59 Å². The maximum absolute atomic E-state index is 13.3. The number of para-hydroxylation sites is 1. The molecule has 0 aliphatic rings. The highest BCUT2D eigenvalue weighted by atomic mass is 16.2. The summed E-state index contributed by atoms with van der Waals surface area (Å²) >= 11 is 0. The Bertz CT molecular complexity index is 1270. The van der Waals surface area contributed by atoms with Crippen molar-refractivity contribution in [2.24, 2.45) is 0 Å². The maximum Gasteiger partial charge on any atom is 0.259 e. The molecule has 0 saturated carbocycles. The first-order valence-electron chi connectivity index (χ1n) is 10.1. The second-order valence-corrected chi connectivity index (χ2v) is 7.36. The molecule has 0 aliphatic carbocycles. The Morgan fingerprint density at radius 3 is 2.43 bits per heavy atom. The van der Waals surface area contributed by atoms with Crippen LogP contribution in [0.4, 0.5) is 5.69 Å². The zero-order valence-electron chi connectivity index (χ0n) is 17.2. The summed E-state index contributed by atoms with van der Waals surface area (Å²) in [7, 11) is 0. The Hall–Kier alpha value is -3.66. The van der Waals surface area contributed by atoms with E-state index >= 15 is 0 Å². The van der Waals surface area contributed by atoms with Gasteiger partial charge in [-0.1, -0.05) is 60.7 Å². The van der Waals surface area contributed by atoms with Crippen LogP contribution < -0.4 is 10.5 Å². The molecule has 0 unspecified atom stereocenters. The number of rotatable bonds is 5. The van der Waals surface area contributed by atoms with Gasteiger partial charge in [0.05, 0.1) is 12.1 Å². The van der Waals surface area contributed by atoms with E-state index in [1.165, 1.54) is 6.07 Å². The average molecular weight is 396 g/mol. The smallest absolute Gasteiger partial charge is 0.259 e. The molecule has 4 nitrogen and oxygen atoms in total. The monoisotopic (exact) mass is 396 g/mol. The van der Waals surface area contributed by atoms with Gasteiger partial charge in [0.1, 0.15) is 0 Å². The molecule has 0 radical (unpaired) electrons. The van der Waals surface area contributed by atoms with E-state index in [2.05, 4.69) is 18.2 Å². The van der Waals surface area contributed by atoms with Crippen LogP contribution in [0.5, 0.6) is 0 Å². The van der Waals surface area contributed by atoms with Crippen molar-refractivity contribution in [1.82, 2.24) is 4.57 Å². The number of hydrogen-bond acceptors (Lipinski definition) is 2. The van der Waals surface area contributed by atoms with E-state index in [0.29, 0.717) is 18.7 Å². The number of aryl methyl sites for hydroxylation is 1. The molecule has 4 aromatic rings. The fourth-order valence-corrected chi connectivity index (χ4v) is 3.84. The molecule has 0 fully saturated rings. The lowest BCUT2D eigenvalue weighted by Gasteiger charge is -2.23. The quantitative estimate of drug-likeness (QED) is 0.475. The second-order valence-electron chi connectivity index (χ2n) is 7.36. The average Bonchev–Trinajstić information content (AvgIpc) is 2.77. The van der Waals surface area contributed by atoms with Gasteiger partial charge in [-0.25, -0.2) is 0 Å². The lowest BCUT2D eigenvalue weighted by molar-refractivity contribution is 0.0987. The number of benzene rings is 3. The molecule has 0 saturated heterocycles. The molecule has 0 N–H and O–H groups in total. The van der Waals surface area contributed by atoms with Crippen molar-refractivity contribution in [2.75, 3.05) is 11.4 Å². The Labute approximate surface area is 176 Å². The summed E-state index contributed by atoms with van der Waals surface area (Å²) in [5.74, 6) is -0.113. The van der Waals surface area contributed by atoms with Gasteiger partial charge >= 0.3 is 0 Å². The Morgan fingerprint density at radius 2 is 1.63 bits per heavy atom. The summed E-state index contributed by atoms with van der Waals surface area (Å²) in [6, 6.07) is 25.1. The number of aromatic nitrogens is 1. The zero-order valence-corrected chi connectivity index (χ0v) is 17.2. The SMILES string of the molecule is CCN(C(=O)c1ccc(=O)n(Cc2cccc3ccccc23)c1)c1ccccc1C. The normalized spacial score (nSPS) is 10.9. The molecule has 1 amide bonds. The summed E-state index contributed by atoms with van der Waals surface area (Å²) in [4.78, 5) is 27.6. The third-order valence-electron chi connectivity index (χ3n) is 5.42. The molecule has 0 aliphatic heterocycles. The first-order chi connectivity index (χ1) is 14.6. The van der Waals surface area contributed by atoms with E-state index in [-0.39, 0.29) is 11.5 Å². The number of anilines is 1. The molecule has 150 valence electrons. The third-order valence-corrected chi connectivity index (χ3v) is 5.42. The molecule has 1 aromatic heterocycles. The highest BCUT2D eigenvalue weighted by molar-refractivity contribution is 6.06. The van der Waals surface area contributed by atoms with E-state index in [4.69, 9.17) is 0 Å². The predicted molar refractivity (Wildman–Crippen MR) is 122 cm³/mol. The van der Waals surface area contributed by atoms with Gasteiger partial charge in [0.25, 0.3) is 11.5 Å². The summed E-state index contributed by atoms with van der Waals surface area (Å²) in [5.41, 5.74) is 3.35. The third kappa shape index (κ3) is 3.77. The molecule has 0 atom stereocenters. The minimum absolute atomic E-state index is 0.113. The molecule has 0 spiro atoms. The molecule has 30 heavy (non-hydrogen) atoms. The number of fused-ring (bicyclic) bond motifs is 1. The standard InChI is InChI=1S/C26H24N2O2/c1-3-28(24-14-7-4-9-19(24)2)26(30)22-15-16-25(29)27(18-22)17-21-12-8-11-20-10-5-6-13-23(20)21/h4-16,18H,3,17H2,1-2H3. The molecular formula is C26H24N2O2. The number of hydrogen-bond donors (Lipinski definition) is 0. The minimum Gasteiger partial charge on any atom is -0.310 e. The van der Waals surface area contributed by atoms with E-state index < -0.39 is 0 Å². The van der Waals surface area contributed by atoms with Crippen LogP contribution in [0, 0.1) is 6.92 Å². The lowest BCUT2D eigenvalue weighted by atomic mass is 10.0. The summed E-state index contributed by atoms with van der Waals surface area (Å²) < 4.78 is 1.61. The highest BCUT2D eigenvalue weighted by Gasteiger charge is 2.18. The number of pyridine rings is 1. The van der Waals surface area contributed by atoms with Crippen molar-refractivity contribution in [1.29, 1.82) is 0 Å². The van der Waals surface area contributed by atoms with E-state index in [0.717, 1.165) is 27.6 Å². The van der Waals surface area contributed by atoms with Crippen LogP contribution in [0.3, 0.4) is 0 Å². The molecule has 4 heteroatoms. The van der Waals surface area contributed by atoms with Crippen LogP contribution in [0.1, 0.15) is 28.4 Å². The molecule has 1 heterocycles. The molecule has 4 rings (SSSR count). The highest BCUT2D eigenvalue weighted by Crippen LogP contribution is 2.22. The zero-order chi connectivity index (χ0) is 21.1. The van der Waals surface area contributed by atoms with Crippen LogP contribution in [-0.2, 0) is 6.54 Å². The van der Waals surface area contributed by atoms with Crippen molar-refractivity contribution in [3.8, 4) is 0 Å². The van der Waals surface area contributed by atoms with Gasteiger partial charge < -0.3 is 9.47 Å². The van der Waals surface area contributed by atoms with Crippen LogP contribution in [-0.4, -0.2) is 17.0 Å². The lowest BCUT2D eigenvalue weighted by Crippen LogP contribution is -2.32. The molecule has 0 bridgehead atoms. The summed E-state index contributed by atoms with van der Waals surface area (Å²) in [5, 5.41) is 2.24.